The minimum atomic E-state index is -0.585. The SMILES string of the molecule is Nc1ncc(F)c(NCCc2ccccc2F)n1. The van der Waals surface area contributed by atoms with Crippen LogP contribution < -0.4 is 11.1 Å². The summed E-state index contributed by atoms with van der Waals surface area (Å²) in [5.74, 6) is -0.844. The number of hydrogen-bond acceptors (Lipinski definition) is 4. The molecular weight excluding hydrogens is 238 g/mol. The molecule has 0 saturated carbocycles. The highest BCUT2D eigenvalue weighted by atomic mass is 19.1. The van der Waals surface area contributed by atoms with Crippen molar-refractivity contribution >= 4 is 11.8 Å². The van der Waals surface area contributed by atoms with Gasteiger partial charge in [-0.2, -0.15) is 4.98 Å². The summed E-state index contributed by atoms with van der Waals surface area (Å²) in [5.41, 5.74) is 5.91. The van der Waals surface area contributed by atoms with E-state index in [4.69, 9.17) is 5.73 Å². The molecule has 0 bridgehead atoms. The van der Waals surface area contributed by atoms with Gasteiger partial charge in [0, 0.05) is 6.54 Å². The fourth-order valence-electron chi connectivity index (χ4n) is 1.52. The first-order valence-electron chi connectivity index (χ1n) is 5.42. The van der Waals surface area contributed by atoms with Crippen molar-refractivity contribution in [2.24, 2.45) is 0 Å². The monoisotopic (exact) mass is 250 g/mol. The number of nitrogens with two attached hydrogens (primary N) is 1. The van der Waals surface area contributed by atoms with Crippen LogP contribution in [0.5, 0.6) is 0 Å². The summed E-state index contributed by atoms with van der Waals surface area (Å²) in [6.07, 6.45) is 1.42. The molecule has 0 radical (unpaired) electrons. The molecule has 2 aromatic rings. The van der Waals surface area contributed by atoms with Crippen molar-refractivity contribution in [3.63, 3.8) is 0 Å². The van der Waals surface area contributed by atoms with Crippen molar-refractivity contribution in [1.82, 2.24) is 9.97 Å². The van der Waals surface area contributed by atoms with Crippen molar-refractivity contribution in [3.8, 4) is 0 Å². The van der Waals surface area contributed by atoms with Gasteiger partial charge in [0.2, 0.25) is 5.95 Å². The van der Waals surface area contributed by atoms with Crippen LogP contribution in [0.2, 0.25) is 0 Å². The van der Waals surface area contributed by atoms with E-state index in [2.05, 4.69) is 15.3 Å². The molecule has 3 N–H and O–H groups in total. The quantitative estimate of drug-likeness (QED) is 0.871. The lowest BCUT2D eigenvalue weighted by molar-refractivity contribution is 0.608. The molecule has 0 atom stereocenters. The predicted molar refractivity (Wildman–Crippen MR) is 65.0 cm³/mol. The molecule has 0 fully saturated rings. The normalized spacial score (nSPS) is 10.3. The molecule has 0 aliphatic carbocycles. The molecule has 1 aromatic heterocycles. The maximum atomic E-state index is 13.3. The Bertz CT molecular complexity index is 545. The second-order valence-electron chi connectivity index (χ2n) is 3.69. The Labute approximate surface area is 103 Å². The third-order valence-corrected chi connectivity index (χ3v) is 2.41. The molecule has 2 rings (SSSR count). The minimum Gasteiger partial charge on any atom is -0.368 e. The molecule has 1 aromatic carbocycles. The number of hydrogen-bond donors (Lipinski definition) is 2. The zero-order chi connectivity index (χ0) is 13.0. The first-order chi connectivity index (χ1) is 8.66. The van der Waals surface area contributed by atoms with Crippen LogP contribution in [0.3, 0.4) is 0 Å². The van der Waals surface area contributed by atoms with E-state index in [0.29, 0.717) is 18.5 Å². The van der Waals surface area contributed by atoms with Crippen molar-refractivity contribution in [3.05, 3.63) is 47.7 Å². The standard InChI is InChI=1S/C12H12F2N4/c13-9-4-2-1-3-8(9)5-6-16-11-10(14)7-17-12(15)18-11/h1-4,7H,5-6H2,(H3,15,16,17,18). The van der Waals surface area contributed by atoms with Crippen LogP contribution in [0, 0.1) is 11.6 Å². The molecule has 6 heteroatoms. The zero-order valence-corrected chi connectivity index (χ0v) is 9.53. The summed E-state index contributed by atoms with van der Waals surface area (Å²) in [4.78, 5) is 7.22. The van der Waals surface area contributed by atoms with Crippen LogP contribution in [-0.4, -0.2) is 16.5 Å². The molecule has 0 aliphatic heterocycles. The summed E-state index contributed by atoms with van der Waals surface area (Å²) < 4.78 is 26.6. The zero-order valence-electron chi connectivity index (χ0n) is 9.53. The molecule has 0 spiro atoms. The van der Waals surface area contributed by atoms with Crippen LogP contribution in [0.25, 0.3) is 0 Å². The van der Waals surface area contributed by atoms with Crippen molar-refractivity contribution in [2.75, 3.05) is 17.6 Å². The Morgan fingerprint density at radius 3 is 2.72 bits per heavy atom. The van der Waals surface area contributed by atoms with E-state index in [1.54, 1.807) is 18.2 Å². The minimum absolute atomic E-state index is 0.00945. The number of nitrogens with zero attached hydrogens (tertiary/aromatic N) is 2. The van der Waals surface area contributed by atoms with Gasteiger partial charge < -0.3 is 11.1 Å². The van der Waals surface area contributed by atoms with Gasteiger partial charge in [0.05, 0.1) is 6.20 Å². The maximum Gasteiger partial charge on any atom is 0.222 e. The third-order valence-electron chi connectivity index (χ3n) is 2.41. The highest BCUT2D eigenvalue weighted by Crippen LogP contribution is 2.11. The van der Waals surface area contributed by atoms with E-state index in [1.807, 2.05) is 0 Å². The van der Waals surface area contributed by atoms with Crippen LogP contribution in [-0.2, 0) is 6.42 Å². The van der Waals surface area contributed by atoms with Gasteiger partial charge in [0.1, 0.15) is 5.82 Å². The molecule has 4 nitrogen and oxygen atoms in total. The van der Waals surface area contributed by atoms with E-state index in [0.717, 1.165) is 6.20 Å². The van der Waals surface area contributed by atoms with E-state index in [1.165, 1.54) is 6.07 Å². The molecule has 0 unspecified atom stereocenters. The lowest BCUT2D eigenvalue weighted by Gasteiger charge is -2.07. The van der Waals surface area contributed by atoms with Gasteiger partial charge >= 0.3 is 0 Å². The Hall–Kier alpha value is -2.24. The summed E-state index contributed by atoms with van der Waals surface area (Å²) >= 11 is 0. The van der Waals surface area contributed by atoms with Gasteiger partial charge in [-0.3, -0.25) is 0 Å². The second kappa shape index (κ2) is 5.39. The van der Waals surface area contributed by atoms with E-state index >= 15 is 0 Å². The fraction of sp³-hybridized carbons (Fsp3) is 0.167. The number of halogens is 2. The second-order valence-corrected chi connectivity index (χ2v) is 3.69. The van der Waals surface area contributed by atoms with Crippen molar-refractivity contribution < 1.29 is 8.78 Å². The number of benzene rings is 1. The summed E-state index contributed by atoms with van der Waals surface area (Å²) in [6, 6.07) is 6.44. The summed E-state index contributed by atoms with van der Waals surface area (Å²) in [5, 5.41) is 2.76. The number of nitrogen functional groups attached to an aromatic ring is 1. The number of aromatic nitrogens is 2. The Morgan fingerprint density at radius 2 is 1.94 bits per heavy atom. The Morgan fingerprint density at radius 1 is 1.17 bits per heavy atom. The smallest absolute Gasteiger partial charge is 0.222 e. The topological polar surface area (TPSA) is 63.8 Å². The van der Waals surface area contributed by atoms with Crippen LogP contribution in [0.4, 0.5) is 20.5 Å². The molecule has 0 amide bonds. The number of anilines is 2. The van der Waals surface area contributed by atoms with Gasteiger partial charge in [0.15, 0.2) is 11.6 Å². The van der Waals surface area contributed by atoms with Crippen molar-refractivity contribution in [1.29, 1.82) is 0 Å². The first kappa shape index (κ1) is 12.2. The third kappa shape index (κ3) is 2.91. The number of nitrogens with one attached hydrogen (secondary N) is 1. The lowest BCUT2D eigenvalue weighted by atomic mass is 10.1. The number of rotatable bonds is 4. The largest absolute Gasteiger partial charge is 0.368 e. The molecular formula is C12H12F2N4. The van der Waals surface area contributed by atoms with Gasteiger partial charge in [0.25, 0.3) is 0 Å². The fourth-order valence-corrected chi connectivity index (χ4v) is 1.52. The van der Waals surface area contributed by atoms with Gasteiger partial charge in [-0.15, -0.1) is 0 Å². The van der Waals surface area contributed by atoms with Crippen molar-refractivity contribution in [2.45, 2.75) is 6.42 Å². The maximum absolute atomic E-state index is 13.3. The molecule has 1 heterocycles. The first-order valence-corrected chi connectivity index (χ1v) is 5.42. The van der Waals surface area contributed by atoms with E-state index in [-0.39, 0.29) is 17.6 Å². The van der Waals surface area contributed by atoms with Crippen LogP contribution in [0.15, 0.2) is 30.5 Å². The van der Waals surface area contributed by atoms with E-state index in [9.17, 15) is 8.78 Å². The van der Waals surface area contributed by atoms with Crippen LogP contribution >= 0.6 is 0 Å². The Balaban J connectivity index is 1.96. The lowest BCUT2D eigenvalue weighted by Crippen LogP contribution is -2.10. The Kier molecular flexibility index (Phi) is 3.66. The summed E-state index contributed by atoms with van der Waals surface area (Å²) in [7, 11) is 0. The van der Waals surface area contributed by atoms with Gasteiger partial charge in [-0.1, -0.05) is 18.2 Å². The van der Waals surface area contributed by atoms with Gasteiger partial charge in [-0.05, 0) is 18.1 Å². The molecule has 94 valence electrons. The summed E-state index contributed by atoms with van der Waals surface area (Å²) in [6.45, 7) is 0.355. The highest BCUT2D eigenvalue weighted by Gasteiger charge is 2.05. The molecule has 0 aliphatic rings. The molecule has 0 saturated heterocycles. The van der Waals surface area contributed by atoms with E-state index < -0.39 is 5.82 Å². The molecule has 18 heavy (non-hydrogen) atoms. The average molecular weight is 250 g/mol. The van der Waals surface area contributed by atoms with Gasteiger partial charge in [-0.25, -0.2) is 13.8 Å². The van der Waals surface area contributed by atoms with Crippen LogP contribution in [0.1, 0.15) is 5.56 Å². The predicted octanol–water partition coefficient (Wildman–Crippen LogP) is 1.99. The highest BCUT2D eigenvalue weighted by molar-refractivity contribution is 5.39. The average Bonchev–Trinajstić information content (AvgIpc) is 2.36.